The highest BCUT2D eigenvalue weighted by atomic mass is 32.2. The summed E-state index contributed by atoms with van der Waals surface area (Å²) in [5.74, 6) is 0.198. The number of carbonyl (C=O) groups excluding carboxylic acids is 1. The number of hydrogen-bond acceptors (Lipinski definition) is 8. The van der Waals surface area contributed by atoms with Crippen LogP contribution in [0.2, 0.25) is 0 Å². The number of sulfone groups is 1. The average Bonchev–Trinajstić information content (AvgIpc) is 3.70. The Kier molecular flexibility index (Phi) is 5.60. The van der Waals surface area contributed by atoms with Crippen LogP contribution in [-0.4, -0.2) is 61.6 Å². The molecule has 3 aromatic carbocycles. The summed E-state index contributed by atoms with van der Waals surface area (Å²) in [6.45, 7) is 1.97. The number of oxazole rings is 1. The van der Waals surface area contributed by atoms with Crippen molar-refractivity contribution in [2.45, 2.75) is 61.5 Å². The highest BCUT2D eigenvalue weighted by Crippen LogP contribution is 2.41. The predicted octanol–water partition coefficient (Wildman–Crippen LogP) is 5.59. The van der Waals surface area contributed by atoms with Gasteiger partial charge in [-0.1, -0.05) is 36.8 Å². The number of Topliss-reactive ketones (excluding diaryl/α,β-unsaturated/α-hetero) is 1. The molecule has 2 aliphatic carbocycles. The quantitative estimate of drug-likeness (QED) is 0.322. The normalized spacial score (nSPS) is 22.5. The van der Waals surface area contributed by atoms with E-state index in [-0.39, 0.29) is 10.7 Å². The number of hydrogen-bond donors (Lipinski definition) is 1. The second kappa shape index (κ2) is 9.16. The molecule has 2 aliphatic heterocycles. The first-order valence-electron chi connectivity index (χ1n) is 14.5. The molecule has 1 N–H and O–H groups in total. The molecule has 2 atom stereocenters. The van der Waals surface area contributed by atoms with Gasteiger partial charge in [-0.15, -0.1) is 0 Å². The van der Waals surface area contributed by atoms with E-state index in [0.717, 1.165) is 59.9 Å². The van der Waals surface area contributed by atoms with E-state index in [4.69, 9.17) is 4.42 Å². The van der Waals surface area contributed by atoms with E-state index in [1.165, 1.54) is 25.5 Å². The first-order valence-corrected chi connectivity index (χ1v) is 16.4. The van der Waals surface area contributed by atoms with Crippen LogP contribution in [0.25, 0.3) is 22.2 Å². The summed E-state index contributed by atoms with van der Waals surface area (Å²) in [4.78, 5) is 22.1. The average molecular weight is 569 g/mol. The van der Waals surface area contributed by atoms with Gasteiger partial charge in [0.05, 0.1) is 4.90 Å². The van der Waals surface area contributed by atoms with E-state index in [1.807, 2.05) is 36.4 Å². The number of rotatable bonds is 6. The molecular formula is C32H32N4O4S. The number of likely N-dealkylation sites (tertiary alicyclic amines) is 1. The van der Waals surface area contributed by atoms with E-state index in [2.05, 4.69) is 26.2 Å². The molecule has 3 fully saturated rings. The van der Waals surface area contributed by atoms with Gasteiger partial charge in [0.25, 0.3) is 6.01 Å². The third-order valence-corrected chi connectivity index (χ3v) is 10.6. The summed E-state index contributed by atoms with van der Waals surface area (Å²) in [7, 11) is -3.43. The molecule has 0 amide bonds. The zero-order chi connectivity index (χ0) is 27.9. The van der Waals surface area contributed by atoms with E-state index in [0.29, 0.717) is 41.3 Å². The molecule has 1 aromatic heterocycles. The van der Waals surface area contributed by atoms with Crippen LogP contribution in [0, 0.1) is 0 Å². The minimum atomic E-state index is -3.43. The Morgan fingerprint density at radius 2 is 1.83 bits per heavy atom. The summed E-state index contributed by atoms with van der Waals surface area (Å²) in [5, 5.41) is 3.26. The second-order valence-electron chi connectivity index (χ2n) is 12.1. The van der Waals surface area contributed by atoms with E-state index >= 15 is 0 Å². The van der Waals surface area contributed by atoms with Crippen molar-refractivity contribution in [2.75, 3.05) is 29.6 Å². The number of anilines is 3. The lowest BCUT2D eigenvalue weighted by Crippen LogP contribution is -2.52. The first-order chi connectivity index (χ1) is 19.8. The fourth-order valence-electron chi connectivity index (χ4n) is 7.19. The van der Waals surface area contributed by atoms with Crippen molar-refractivity contribution in [3.63, 3.8) is 0 Å². The minimum Gasteiger partial charge on any atom is -0.423 e. The van der Waals surface area contributed by atoms with Gasteiger partial charge >= 0.3 is 0 Å². The molecule has 2 unspecified atom stereocenters. The maximum absolute atomic E-state index is 12.7. The Morgan fingerprint density at radius 3 is 2.59 bits per heavy atom. The lowest BCUT2D eigenvalue weighted by Gasteiger charge is -2.43. The summed E-state index contributed by atoms with van der Waals surface area (Å²) >= 11 is 0. The van der Waals surface area contributed by atoms with Crippen molar-refractivity contribution in [1.29, 1.82) is 0 Å². The molecular weight excluding hydrogens is 536 g/mol. The maximum Gasteiger partial charge on any atom is 0.300 e. The maximum atomic E-state index is 12.7. The van der Waals surface area contributed by atoms with Crippen LogP contribution in [0.5, 0.6) is 0 Å². The summed E-state index contributed by atoms with van der Waals surface area (Å²) in [5.41, 5.74) is 6.66. The topological polar surface area (TPSA) is 95.7 Å². The second-order valence-corrected chi connectivity index (χ2v) is 14.1. The van der Waals surface area contributed by atoms with Crippen LogP contribution in [0.3, 0.4) is 0 Å². The van der Waals surface area contributed by atoms with Crippen LogP contribution in [-0.2, 0) is 16.3 Å². The van der Waals surface area contributed by atoms with Gasteiger partial charge in [-0.05, 0) is 61.1 Å². The van der Waals surface area contributed by atoms with Gasteiger partial charge in [-0.3, -0.25) is 9.69 Å². The molecule has 9 heteroatoms. The van der Waals surface area contributed by atoms with Gasteiger partial charge in [0.15, 0.2) is 21.2 Å². The van der Waals surface area contributed by atoms with Crippen molar-refractivity contribution in [3.05, 3.63) is 65.7 Å². The first kappa shape index (κ1) is 25.1. The third-order valence-electron chi connectivity index (χ3n) is 9.48. The molecule has 0 spiro atoms. The van der Waals surface area contributed by atoms with Gasteiger partial charge in [0.2, 0.25) is 0 Å². The molecule has 210 valence electrons. The summed E-state index contributed by atoms with van der Waals surface area (Å²) < 4.78 is 31.6. The standard InChI is InChI=1S/C32H32N4O4S/c1-41(38,39)26-14-21(13-23(16-26)36-18-24-15-25(36)17-35(24)22-4-2-5-22)33-32-34-29-7-3-6-28(31(29)40-32)20-8-10-27-19(12-20)9-11-30(27)37/h3,6-8,10,12-14,16,22,24-25H,2,4-5,9,11,15,17-18H2,1H3,(H,33,34). The van der Waals surface area contributed by atoms with Crippen molar-refractivity contribution in [1.82, 2.24) is 9.88 Å². The third kappa shape index (κ3) is 4.25. The Bertz CT molecular complexity index is 1830. The molecule has 4 aromatic rings. The van der Waals surface area contributed by atoms with E-state index in [9.17, 15) is 13.2 Å². The Labute approximate surface area is 239 Å². The largest absolute Gasteiger partial charge is 0.423 e. The van der Waals surface area contributed by atoms with Crippen molar-refractivity contribution in [2.24, 2.45) is 0 Å². The van der Waals surface area contributed by atoms with Crippen LogP contribution in [0.15, 0.2) is 63.9 Å². The molecule has 3 heterocycles. The number of carbonyl (C=O) groups is 1. The number of benzene rings is 3. The molecule has 8 rings (SSSR count). The van der Waals surface area contributed by atoms with Gasteiger partial charge in [0, 0.05) is 66.4 Å². The highest BCUT2D eigenvalue weighted by Gasteiger charge is 2.46. The number of para-hydroxylation sites is 1. The number of nitrogens with one attached hydrogen (secondary N) is 1. The van der Waals surface area contributed by atoms with Crippen LogP contribution < -0.4 is 10.2 Å². The van der Waals surface area contributed by atoms with Crippen molar-refractivity contribution >= 4 is 44.1 Å². The number of aryl methyl sites for hydroxylation is 1. The van der Waals surface area contributed by atoms with Gasteiger partial charge in [-0.2, -0.15) is 4.98 Å². The predicted molar refractivity (Wildman–Crippen MR) is 159 cm³/mol. The number of aromatic nitrogens is 1. The van der Waals surface area contributed by atoms with Crippen LogP contribution in [0.1, 0.15) is 48.0 Å². The number of piperazine rings is 1. The van der Waals surface area contributed by atoms with Crippen LogP contribution in [0.4, 0.5) is 17.4 Å². The zero-order valence-electron chi connectivity index (χ0n) is 23.0. The van der Waals surface area contributed by atoms with E-state index in [1.54, 1.807) is 12.1 Å². The SMILES string of the molecule is CS(=O)(=O)c1cc(Nc2nc3cccc(-c4ccc5c(c4)CCC5=O)c3o2)cc(N2CC3CC2CN3C2CCC2)c1. The van der Waals surface area contributed by atoms with Gasteiger partial charge < -0.3 is 14.6 Å². The monoisotopic (exact) mass is 568 g/mol. The van der Waals surface area contributed by atoms with Crippen molar-refractivity contribution < 1.29 is 17.6 Å². The molecule has 8 nitrogen and oxygen atoms in total. The van der Waals surface area contributed by atoms with Gasteiger partial charge in [-0.25, -0.2) is 8.42 Å². The van der Waals surface area contributed by atoms with Gasteiger partial charge in [0.1, 0.15) is 5.52 Å². The molecule has 0 radical (unpaired) electrons. The molecule has 41 heavy (non-hydrogen) atoms. The summed E-state index contributed by atoms with van der Waals surface area (Å²) in [6.07, 6.45) is 7.65. The number of nitrogens with zero attached hydrogens (tertiary/aromatic N) is 3. The van der Waals surface area contributed by atoms with Crippen molar-refractivity contribution in [3.8, 4) is 11.1 Å². The lowest BCUT2D eigenvalue weighted by molar-refractivity contribution is 0.0994. The molecule has 2 bridgehead atoms. The smallest absolute Gasteiger partial charge is 0.300 e. The molecule has 1 saturated carbocycles. The highest BCUT2D eigenvalue weighted by molar-refractivity contribution is 7.90. The summed E-state index contributed by atoms with van der Waals surface area (Å²) in [6, 6.07) is 19.2. The molecule has 4 aliphatic rings. The van der Waals surface area contributed by atoms with E-state index < -0.39 is 9.84 Å². The number of ketones is 1. The lowest BCUT2D eigenvalue weighted by atomic mass is 9.91. The Morgan fingerprint density at radius 1 is 0.951 bits per heavy atom. The number of fused-ring (bicyclic) bond motifs is 4. The molecule has 2 saturated heterocycles. The Balaban J connectivity index is 1.11. The zero-order valence-corrected chi connectivity index (χ0v) is 23.8. The fraction of sp³-hybridized carbons (Fsp3) is 0.375. The Hall–Kier alpha value is -3.69. The fourth-order valence-corrected chi connectivity index (χ4v) is 7.87. The van der Waals surface area contributed by atoms with Crippen LogP contribution >= 0.6 is 0 Å². The minimum absolute atomic E-state index is 0.198.